The molecule has 1 unspecified atom stereocenters. The minimum absolute atomic E-state index is 0.0375. The van der Waals surface area contributed by atoms with Gasteiger partial charge >= 0.3 is 6.09 Å². The molecule has 1 aromatic heterocycles. The van der Waals surface area contributed by atoms with Gasteiger partial charge < -0.3 is 15.0 Å². The summed E-state index contributed by atoms with van der Waals surface area (Å²) in [6.45, 7) is 8.22. The molecule has 1 amide bonds. The summed E-state index contributed by atoms with van der Waals surface area (Å²) in [5.74, 6) is 0.611. The Morgan fingerprint density at radius 2 is 2.18 bits per heavy atom. The molecule has 1 atom stereocenters. The van der Waals surface area contributed by atoms with Crippen molar-refractivity contribution >= 4 is 34.9 Å². The van der Waals surface area contributed by atoms with Gasteiger partial charge in [0.2, 0.25) is 0 Å². The number of amidine groups is 1. The summed E-state index contributed by atoms with van der Waals surface area (Å²) in [6.07, 6.45) is -4.54. The van der Waals surface area contributed by atoms with Gasteiger partial charge in [0.05, 0.1) is 5.69 Å². The van der Waals surface area contributed by atoms with E-state index in [1.165, 1.54) is 0 Å². The number of pyridine rings is 1. The van der Waals surface area contributed by atoms with Crippen LogP contribution in [0.5, 0.6) is 0 Å². The quantitative estimate of drug-likeness (QED) is 0.796. The number of alkyl halides is 2. The molecule has 2 aliphatic rings. The Hall–Kier alpha value is -2.52. The molecule has 0 bridgehead atoms. The van der Waals surface area contributed by atoms with Crippen molar-refractivity contribution in [2.24, 2.45) is 4.99 Å². The van der Waals surface area contributed by atoms with Crippen LogP contribution in [-0.4, -0.2) is 55.6 Å². The van der Waals surface area contributed by atoms with Crippen molar-refractivity contribution in [3.63, 3.8) is 0 Å². The first kappa shape index (κ1) is 20.2. The fraction of sp³-hybridized carbons (Fsp3) is 0.389. The topological polar surface area (TPSA) is 78.8 Å². The molecule has 3 rings (SSSR count). The normalized spacial score (nSPS) is 23.5. The number of ether oxygens (including phenoxy) is 1. The molecule has 2 N–H and O–H groups in total. The molecule has 28 heavy (non-hydrogen) atoms. The molecule has 7 nitrogen and oxygen atoms in total. The van der Waals surface area contributed by atoms with E-state index in [0.29, 0.717) is 22.1 Å². The summed E-state index contributed by atoms with van der Waals surface area (Å²) in [7, 11) is 0. The number of alkyl carbamates (subject to hydrolysis) is 1. The van der Waals surface area contributed by atoms with Crippen LogP contribution in [-0.2, 0) is 4.74 Å². The van der Waals surface area contributed by atoms with Gasteiger partial charge in [0, 0.05) is 43.0 Å². The third kappa shape index (κ3) is 4.31. The summed E-state index contributed by atoms with van der Waals surface area (Å²) in [5.41, 5.74) is 0.818. The molecule has 10 heteroatoms. The SMILES string of the molecule is C=CN=C1NC(=O)OC(C(F)F)/C1=C(/C)c1cc(Cl)cc(N2CCNCC2)n1. The predicted octanol–water partition coefficient (Wildman–Crippen LogP) is 2.83. The van der Waals surface area contributed by atoms with Crippen LogP contribution < -0.4 is 15.5 Å². The molecule has 2 aliphatic heterocycles. The number of hydrogen-bond acceptors (Lipinski definition) is 6. The summed E-state index contributed by atoms with van der Waals surface area (Å²) in [6, 6.07) is 3.32. The van der Waals surface area contributed by atoms with Gasteiger partial charge in [-0.1, -0.05) is 18.2 Å². The number of halogens is 3. The molecule has 1 aromatic rings. The lowest BCUT2D eigenvalue weighted by Crippen LogP contribution is -2.47. The first-order valence-electron chi connectivity index (χ1n) is 8.70. The number of nitrogens with zero attached hydrogens (tertiary/aromatic N) is 3. The summed E-state index contributed by atoms with van der Waals surface area (Å²) >= 11 is 6.27. The van der Waals surface area contributed by atoms with Crippen molar-refractivity contribution in [2.45, 2.75) is 19.5 Å². The Kier molecular flexibility index (Phi) is 6.25. The number of carbonyl (C=O) groups is 1. The monoisotopic (exact) mass is 411 g/mol. The van der Waals surface area contributed by atoms with Gasteiger partial charge in [0.25, 0.3) is 6.43 Å². The predicted molar refractivity (Wildman–Crippen MR) is 104 cm³/mol. The van der Waals surface area contributed by atoms with Crippen molar-refractivity contribution in [2.75, 3.05) is 31.1 Å². The first-order chi connectivity index (χ1) is 13.4. The van der Waals surface area contributed by atoms with Crippen LogP contribution in [0.1, 0.15) is 12.6 Å². The Morgan fingerprint density at radius 3 is 2.82 bits per heavy atom. The van der Waals surface area contributed by atoms with E-state index in [-0.39, 0.29) is 11.4 Å². The zero-order valence-corrected chi connectivity index (χ0v) is 16.0. The second-order valence-corrected chi connectivity index (χ2v) is 6.69. The third-order valence-electron chi connectivity index (χ3n) is 4.45. The van der Waals surface area contributed by atoms with Gasteiger partial charge in [-0.3, -0.25) is 5.32 Å². The number of aliphatic imine (C=N–C) groups is 1. The number of cyclic esters (lactones) is 1. The van der Waals surface area contributed by atoms with Crippen molar-refractivity contribution < 1.29 is 18.3 Å². The molecular weight excluding hydrogens is 392 g/mol. The standard InChI is InChI=1S/C18H20ClF2N5O2/c1-3-23-17-14(15(16(20)21)28-18(27)25-17)10(2)12-8-11(19)9-13(24-12)26-6-4-22-5-7-26/h3,8-9,15-16,22H,1,4-7H2,2H3,(H,23,25,27)/b14-10+. The van der Waals surface area contributed by atoms with Gasteiger partial charge in [-0.2, -0.15) is 0 Å². The van der Waals surface area contributed by atoms with Crippen LogP contribution in [0.4, 0.5) is 19.4 Å². The number of nitrogens with one attached hydrogen (secondary N) is 2. The van der Waals surface area contributed by atoms with E-state index in [0.717, 1.165) is 32.4 Å². The molecule has 0 saturated carbocycles. The van der Waals surface area contributed by atoms with Crippen LogP contribution in [0, 0.1) is 0 Å². The molecule has 0 aliphatic carbocycles. The Bertz CT molecular complexity index is 837. The highest BCUT2D eigenvalue weighted by atomic mass is 35.5. The van der Waals surface area contributed by atoms with Gasteiger partial charge in [-0.25, -0.2) is 23.6 Å². The maximum Gasteiger partial charge on any atom is 0.413 e. The van der Waals surface area contributed by atoms with Crippen LogP contribution in [0.2, 0.25) is 5.02 Å². The zero-order chi connectivity index (χ0) is 20.3. The number of amides is 1. The summed E-state index contributed by atoms with van der Waals surface area (Å²) < 4.78 is 32.0. The van der Waals surface area contributed by atoms with Crippen molar-refractivity contribution in [1.82, 2.24) is 15.6 Å². The highest BCUT2D eigenvalue weighted by Gasteiger charge is 2.38. The van der Waals surface area contributed by atoms with E-state index in [4.69, 9.17) is 16.3 Å². The Balaban J connectivity index is 2.09. The first-order valence-corrected chi connectivity index (χ1v) is 9.07. The number of rotatable bonds is 4. The molecule has 0 radical (unpaired) electrons. The number of piperazine rings is 1. The van der Waals surface area contributed by atoms with E-state index in [9.17, 15) is 13.6 Å². The lowest BCUT2D eigenvalue weighted by atomic mass is 9.98. The Morgan fingerprint density at radius 1 is 1.46 bits per heavy atom. The van der Waals surface area contributed by atoms with Crippen molar-refractivity contribution in [1.29, 1.82) is 0 Å². The van der Waals surface area contributed by atoms with Crippen molar-refractivity contribution in [3.05, 3.63) is 41.2 Å². The van der Waals surface area contributed by atoms with E-state index in [1.54, 1.807) is 19.1 Å². The number of allylic oxidation sites excluding steroid dienone is 1. The third-order valence-corrected chi connectivity index (χ3v) is 4.67. The van der Waals surface area contributed by atoms with Gasteiger partial charge in [0.15, 0.2) is 6.10 Å². The fourth-order valence-corrected chi connectivity index (χ4v) is 3.33. The lowest BCUT2D eigenvalue weighted by Gasteiger charge is -2.30. The molecule has 0 aromatic carbocycles. The van der Waals surface area contributed by atoms with E-state index >= 15 is 0 Å². The minimum atomic E-state index is -2.93. The molecule has 2 fully saturated rings. The average molecular weight is 412 g/mol. The van der Waals surface area contributed by atoms with Crippen molar-refractivity contribution in [3.8, 4) is 0 Å². The Labute approximate surface area is 166 Å². The van der Waals surface area contributed by atoms with Gasteiger partial charge in [-0.05, 0) is 24.6 Å². The largest absolute Gasteiger partial charge is 0.435 e. The number of hydrogen-bond donors (Lipinski definition) is 2. The maximum atomic E-state index is 13.6. The smallest absolute Gasteiger partial charge is 0.413 e. The van der Waals surface area contributed by atoms with Crippen LogP contribution in [0.3, 0.4) is 0 Å². The van der Waals surface area contributed by atoms with Gasteiger partial charge in [-0.15, -0.1) is 0 Å². The fourth-order valence-electron chi connectivity index (χ4n) is 3.13. The zero-order valence-electron chi connectivity index (χ0n) is 15.2. The average Bonchev–Trinajstić information content (AvgIpc) is 2.67. The second kappa shape index (κ2) is 8.66. The molecule has 3 heterocycles. The second-order valence-electron chi connectivity index (χ2n) is 6.25. The minimum Gasteiger partial charge on any atom is -0.435 e. The molecular formula is C18H20ClF2N5O2. The highest BCUT2D eigenvalue weighted by Crippen LogP contribution is 2.30. The number of anilines is 1. The number of aromatic nitrogens is 1. The molecule has 150 valence electrons. The van der Waals surface area contributed by atoms with E-state index in [2.05, 4.69) is 32.1 Å². The highest BCUT2D eigenvalue weighted by molar-refractivity contribution is 6.31. The number of carbonyl (C=O) groups excluding carboxylic acids is 1. The molecule has 2 saturated heterocycles. The van der Waals surface area contributed by atoms with Crippen LogP contribution in [0.25, 0.3) is 5.57 Å². The summed E-state index contributed by atoms with van der Waals surface area (Å²) in [5, 5.41) is 6.02. The summed E-state index contributed by atoms with van der Waals surface area (Å²) in [4.78, 5) is 22.2. The van der Waals surface area contributed by atoms with Crippen LogP contribution >= 0.6 is 11.6 Å². The lowest BCUT2D eigenvalue weighted by molar-refractivity contribution is 0.00249. The van der Waals surface area contributed by atoms with E-state index < -0.39 is 18.6 Å². The van der Waals surface area contributed by atoms with Gasteiger partial charge in [0.1, 0.15) is 11.7 Å². The maximum absolute atomic E-state index is 13.6. The van der Waals surface area contributed by atoms with Crippen LogP contribution in [0.15, 0.2) is 35.5 Å². The van der Waals surface area contributed by atoms with E-state index in [1.807, 2.05) is 0 Å². The molecule has 0 spiro atoms.